The van der Waals surface area contributed by atoms with Crippen LogP contribution >= 0.6 is 0 Å². The van der Waals surface area contributed by atoms with Crippen molar-refractivity contribution in [2.75, 3.05) is 13.2 Å². The van der Waals surface area contributed by atoms with E-state index in [2.05, 4.69) is 11.6 Å². The molecule has 1 N–H and O–H groups in total. The Bertz CT molecular complexity index is 571. The Balaban J connectivity index is 2.37. The van der Waals surface area contributed by atoms with Gasteiger partial charge in [-0.1, -0.05) is 18.7 Å². The van der Waals surface area contributed by atoms with Crippen LogP contribution in [0.1, 0.15) is 17.4 Å². The molecule has 0 aliphatic carbocycles. The first-order valence-corrected chi connectivity index (χ1v) is 5.78. The predicted octanol–water partition coefficient (Wildman–Crippen LogP) is 2.91. The van der Waals surface area contributed by atoms with Gasteiger partial charge in [0.25, 0.3) is 0 Å². The SMILES string of the molecule is C=CCOc1cccc2[nH]c(C(=O)OCC)cc12. The molecule has 0 bridgehead atoms. The fourth-order valence-electron chi connectivity index (χ4n) is 1.72. The zero-order chi connectivity index (χ0) is 13.0. The fraction of sp³-hybridized carbons (Fsp3) is 0.214. The van der Waals surface area contributed by atoms with Gasteiger partial charge in [0, 0.05) is 10.9 Å². The lowest BCUT2D eigenvalue weighted by molar-refractivity contribution is 0.0520. The number of benzene rings is 1. The van der Waals surface area contributed by atoms with Gasteiger partial charge in [0.2, 0.25) is 0 Å². The van der Waals surface area contributed by atoms with Gasteiger partial charge < -0.3 is 14.5 Å². The number of fused-ring (bicyclic) bond motifs is 1. The maximum absolute atomic E-state index is 11.6. The fourth-order valence-corrected chi connectivity index (χ4v) is 1.72. The molecule has 1 aromatic heterocycles. The van der Waals surface area contributed by atoms with Crippen molar-refractivity contribution < 1.29 is 14.3 Å². The molecule has 94 valence electrons. The van der Waals surface area contributed by atoms with Crippen LogP contribution in [-0.2, 0) is 4.74 Å². The number of ether oxygens (including phenoxy) is 2. The van der Waals surface area contributed by atoms with Gasteiger partial charge in [-0.2, -0.15) is 0 Å². The highest BCUT2D eigenvalue weighted by atomic mass is 16.5. The lowest BCUT2D eigenvalue weighted by Gasteiger charge is -2.03. The number of carbonyl (C=O) groups is 1. The summed E-state index contributed by atoms with van der Waals surface area (Å²) in [6.07, 6.45) is 1.68. The molecule has 4 nitrogen and oxygen atoms in total. The maximum atomic E-state index is 11.6. The second-order valence-electron chi connectivity index (χ2n) is 3.72. The number of esters is 1. The summed E-state index contributed by atoms with van der Waals surface area (Å²) in [6, 6.07) is 7.35. The normalized spacial score (nSPS) is 10.3. The third kappa shape index (κ3) is 2.37. The van der Waals surface area contributed by atoms with E-state index in [1.54, 1.807) is 19.1 Å². The molecule has 0 aliphatic rings. The Hall–Kier alpha value is -2.23. The number of rotatable bonds is 5. The third-order valence-electron chi connectivity index (χ3n) is 2.48. The molecule has 0 spiro atoms. The zero-order valence-electron chi connectivity index (χ0n) is 10.2. The van der Waals surface area contributed by atoms with Crippen LogP contribution in [0.5, 0.6) is 5.75 Å². The summed E-state index contributed by atoms with van der Waals surface area (Å²) in [4.78, 5) is 14.6. The van der Waals surface area contributed by atoms with Crippen LogP contribution in [0, 0.1) is 0 Å². The molecule has 1 heterocycles. The summed E-state index contributed by atoms with van der Waals surface area (Å²) in [7, 11) is 0. The molecule has 0 atom stereocenters. The second-order valence-corrected chi connectivity index (χ2v) is 3.72. The van der Waals surface area contributed by atoms with Crippen molar-refractivity contribution in [3.63, 3.8) is 0 Å². The molecule has 0 saturated heterocycles. The quantitative estimate of drug-likeness (QED) is 0.651. The van der Waals surface area contributed by atoms with Crippen molar-refractivity contribution in [2.24, 2.45) is 0 Å². The van der Waals surface area contributed by atoms with Gasteiger partial charge in [0.05, 0.1) is 6.61 Å². The van der Waals surface area contributed by atoms with Crippen molar-refractivity contribution in [1.29, 1.82) is 0 Å². The highest BCUT2D eigenvalue weighted by Gasteiger charge is 2.12. The Morgan fingerprint density at radius 3 is 3.06 bits per heavy atom. The zero-order valence-corrected chi connectivity index (χ0v) is 10.2. The van der Waals surface area contributed by atoms with E-state index in [0.29, 0.717) is 18.9 Å². The van der Waals surface area contributed by atoms with E-state index in [4.69, 9.17) is 9.47 Å². The van der Waals surface area contributed by atoms with E-state index >= 15 is 0 Å². The molecule has 0 saturated carbocycles. The van der Waals surface area contributed by atoms with E-state index in [0.717, 1.165) is 16.7 Å². The Morgan fingerprint density at radius 2 is 2.33 bits per heavy atom. The van der Waals surface area contributed by atoms with Crippen molar-refractivity contribution in [3.8, 4) is 5.75 Å². The standard InChI is InChI=1S/C14H15NO3/c1-3-8-18-13-7-5-6-11-10(13)9-12(15-11)14(16)17-4-2/h3,5-7,9,15H,1,4,8H2,2H3. The number of aromatic amines is 1. The first kappa shape index (κ1) is 12.2. The lowest BCUT2D eigenvalue weighted by Crippen LogP contribution is -2.04. The van der Waals surface area contributed by atoms with Crippen molar-refractivity contribution in [2.45, 2.75) is 6.92 Å². The van der Waals surface area contributed by atoms with E-state index < -0.39 is 0 Å². The molecule has 2 rings (SSSR count). The third-order valence-corrected chi connectivity index (χ3v) is 2.48. The minimum Gasteiger partial charge on any atom is -0.489 e. The van der Waals surface area contributed by atoms with Gasteiger partial charge in [-0.15, -0.1) is 0 Å². The number of nitrogens with one attached hydrogen (secondary N) is 1. The molecule has 0 unspecified atom stereocenters. The molecule has 1 aromatic carbocycles. The molecule has 2 aromatic rings. The molecular weight excluding hydrogens is 230 g/mol. The van der Waals surface area contributed by atoms with Gasteiger partial charge in [-0.3, -0.25) is 0 Å². The number of hydrogen-bond acceptors (Lipinski definition) is 3. The van der Waals surface area contributed by atoms with Crippen LogP contribution in [0.3, 0.4) is 0 Å². The van der Waals surface area contributed by atoms with E-state index in [1.165, 1.54) is 0 Å². The molecule has 4 heteroatoms. The average Bonchev–Trinajstić information content (AvgIpc) is 2.81. The van der Waals surface area contributed by atoms with E-state index in [-0.39, 0.29) is 5.97 Å². The van der Waals surface area contributed by atoms with Crippen molar-refractivity contribution >= 4 is 16.9 Å². The number of H-pyrrole nitrogens is 1. The summed E-state index contributed by atoms with van der Waals surface area (Å²) in [5.74, 6) is 0.363. The average molecular weight is 245 g/mol. The Morgan fingerprint density at radius 1 is 1.50 bits per heavy atom. The minimum atomic E-state index is -0.358. The number of carbonyl (C=O) groups excluding carboxylic acids is 1. The van der Waals surface area contributed by atoms with Crippen LogP contribution in [0.25, 0.3) is 10.9 Å². The maximum Gasteiger partial charge on any atom is 0.354 e. The smallest absolute Gasteiger partial charge is 0.354 e. The van der Waals surface area contributed by atoms with Gasteiger partial charge in [0.1, 0.15) is 18.1 Å². The van der Waals surface area contributed by atoms with Gasteiger partial charge in [-0.25, -0.2) is 4.79 Å². The minimum absolute atomic E-state index is 0.355. The van der Waals surface area contributed by atoms with E-state index in [9.17, 15) is 4.79 Å². The van der Waals surface area contributed by atoms with E-state index in [1.807, 2.05) is 18.2 Å². The van der Waals surface area contributed by atoms with Crippen LogP contribution in [0.4, 0.5) is 0 Å². The van der Waals surface area contributed by atoms with Gasteiger partial charge >= 0.3 is 5.97 Å². The highest BCUT2D eigenvalue weighted by Crippen LogP contribution is 2.26. The molecule has 0 aliphatic heterocycles. The van der Waals surface area contributed by atoms with Crippen molar-refractivity contribution in [1.82, 2.24) is 4.98 Å². The van der Waals surface area contributed by atoms with Crippen LogP contribution in [0.2, 0.25) is 0 Å². The molecular formula is C14H15NO3. The van der Waals surface area contributed by atoms with Crippen LogP contribution < -0.4 is 4.74 Å². The summed E-state index contributed by atoms with van der Waals surface area (Å²) in [5.41, 5.74) is 1.28. The second kappa shape index (κ2) is 5.40. The monoisotopic (exact) mass is 245 g/mol. The molecule has 0 radical (unpaired) electrons. The number of aromatic nitrogens is 1. The van der Waals surface area contributed by atoms with Crippen LogP contribution in [-0.4, -0.2) is 24.2 Å². The van der Waals surface area contributed by atoms with Gasteiger partial charge in [-0.05, 0) is 25.1 Å². The molecule has 18 heavy (non-hydrogen) atoms. The summed E-state index contributed by atoms with van der Waals surface area (Å²) >= 11 is 0. The molecule has 0 amide bonds. The topological polar surface area (TPSA) is 51.3 Å². The van der Waals surface area contributed by atoms with Gasteiger partial charge in [0.15, 0.2) is 0 Å². The summed E-state index contributed by atoms with van der Waals surface area (Å²) in [5, 5.41) is 0.863. The number of hydrogen-bond donors (Lipinski definition) is 1. The first-order valence-electron chi connectivity index (χ1n) is 5.78. The predicted molar refractivity (Wildman–Crippen MR) is 69.9 cm³/mol. The molecule has 0 fully saturated rings. The highest BCUT2D eigenvalue weighted by molar-refractivity contribution is 5.97. The Kier molecular flexibility index (Phi) is 3.67. The lowest BCUT2D eigenvalue weighted by atomic mass is 10.2. The largest absolute Gasteiger partial charge is 0.489 e. The van der Waals surface area contributed by atoms with Crippen molar-refractivity contribution in [3.05, 3.63) is 42.6 Å². The summed E-state index contributed by atoms with van der Waals surface area (Å²) in [6.45, 7) is 6.17. The summed E-state index contributed by atoms with van der Waals surface area (Å²) < 4.78 is 10.5. The van der Waals surface area contributed by atoms with Crippen LogP contribution in [0.15, 0.2) is 36.9 Å². The Labute approximate surface area is 105 Å². The first-order chi connectivity index (χ1) is 8.76.